The van der Waals surface area contributed by atoms with Crippen molar-refractivity contribution in [2.45, 2.75) is 25.4 Å². The first kappa shape index (κ1) is 11.8. The molecule has 3 rings (SSSR count). The first-order chi connectivity index (χ1) is 8.83. The predicted molar refractivity (Wildman–Crippen MR) is 72.8 cm³/mol. The molecule has 0 bridgehead atoms. The van der Waals surface area contributed by atoms with Crippen LogP contribution in [0, 0.1) is 0 Å². The molecule has 2 heterocycles. The van der Waals surface area contributed by atoms with Gasteiger partial charge in [-0.1, -0.05) is 23.7 Å². The van der Waals surface area contributed by atoms with Crippen LogP contribution in [-0.2, 0) is 6.54 Å². The zero-order valence-corrected chi connectivity index (χ0v) is 10.9. The molecule has 1 fully saturated rings. The highest BCUT2D eigenvalue weighted by Gasteiger charge is 2.19. The van der Waals surface area contributed by atoms with Crippen molar-refractivity contribution < 1.29 is 0 Å². The Hall–Kier alpha value is -1.32. The van der Waals surface area contributed by atoms with Gasteiger partial charge in [0.15, 0.2) is 0 Å². The van der Waals surface area contributed by atoms with Gasteiger partial charge in [0.1, 0.15) is 0 Å². The molecule has 94 valence electrons. The molecule has 1 saturated heterocycles. The monoisotopic (exact) mass is 261 g/mol. The van der Waals surface area contributed by atoms with Crippen LogP contribution in [0.15, 0.2) is 36.8 Å². The van der Waals surface area contributed by atoms with Gasteiger partial charge in [-0.25, -0.2) is 4.98 Å². The average molecular weight is 262 g/mol. The fourth-order valence-electron chi connectivity index (χ4n) is 2.48. The minimum atomic E-state index is 0.458. The molecule has 1 aliphatic rings. The molecule has 3 nitrogen and oxygen atoms in total. The van der Waals surface area contributed by atoms with Crippen molar-refractivity contribution in [1.82, 2.24) is 14.9 Å². The zero-order valence-electron chi connectivity index (χ0n) is 10.1. The maximum Gasteiger partial charge on any atom is 0.0951 e. The summed E-state index contributed by atoms with van der Waals surface area (Å²) in [6.45, 7) is 1.96. The lowest BCUT2D eigenvalue weighted by Crippen LogP contribution is -2.17. The minimum Gasteiger partial charge on any atom is -0.329 e. The Kier molecular flexibility index (Phi) is 3.35. The van der Waals surface area contributed by atoms with Crippen LogP contribution >= 0.6 is 11.6 Å². The van der Waals surface area contributed by atoms with Gasteiger partial charge in [-0.3, -0.25) is 0 Å². The molecular formula is C14H16ClN3. The molecular weight excluding hydrogens is 246 g/mol. The van der Waals surface area contributed by atoms with Crippen LogP contribution in [0.4, 0.5) is 0 Å². The summed E-state index contributed by atoms with van der Waals surface area (Å²) in [5, 5.41) is 4.29. The second-order valence-corrected chi connectivity index (χ2v) is 5.16. The first-order valence-corrected chi connectivity index (χ1v) is 6.68. The molecule has 1 aromatic heterocycles. The number of aromatic nitrogens is 2. The van der Waals surface area contributed by atoms with Crippen molar-refractivity contribution >= 4 is 11.6 Å². The molecule has 0 spiro atoms. The smallest absolute Gasteiger partial charge is 0.0951 e. The second-order valence-electron chi connectivity index (χ2n) is 4.72. The minimum absolute atomic E-state index is 0.458. The third-order valence-electron chi connectivity index (χ3n) is 3.43. The molecule has 0 unspecified atom stereocenters. The Labute approximate surface area is 112 Å². The number of rotatable bonds is 3. The lowest BCUT2D eigenvalue weighted by atomic mass is 10.1. The van der Waals surface area contributed by atoms with E-state index in [2.05, 4.69) is 27.0 Å². The lowest BCUT2D eigenvalue weighted by molar-refractivity contribution is 0.584. The third kappa shape index (κ3) is 2.42. The molecule has 1 N–H and O–H groups in total. The number of hydrogen-bond donors (Lipinski definition) is 1. The van der Waals surface area contributed by atoms with E-state index < -0.39 is 0 Å². The average Bonchev–Trinajstić information content (AvgIpc) is 3.02. The van der Waals surface area contributed by atoms with Crippen molar-refractivity contribution in [3.05, 3.63) is 53.1 Å². The molecule has 1 aliphatic heterocycles. The van der Waals surface area contributed by atoms with Gasteiger partial charge in [0.2, 0.25) is 0 Å². The van der Waals surface area contributed by atoms with Crippen LogP contribution in [0.2, 0.25) is 5.02 Å². The standard InChI is InChI=1S/C14H16ClN3/c15-12-5-3-11(4-6-12)9-18-10-16-8-14(18)13-2-1-7-17-13/h3-6,8,10,13,17H,1-2,7,9H2/t13-/m0/s1. The summed E-state index contributed by atoms with van der Waals surface area (Å²) in [4.78, 5) is 4.28. The van der Waals surface area contributed by atoms with Crippen LogP contribution in [-0.4, -0.2) is 16.1 Å². The molecule has 1 atom stereocenters. The Morgan fingerprint density at radius 2 is 2.17 bits per heavy atom. The molecule has 0 amide bonds. The van der Waals surface area contributed by atoms with Gasteiger partial charge in [0.25, 0.3) is 0 Å². The van der Waals surface area contributed by atoms with Crippen LogP contribution in [0.1, 0.15) is 30.1 Å². The van der Waals surface area contributed by atoms with Gasteiger partial charge in [-0.15, -0.1) is 0 Å². The van der Waals surface area contributed by atoms with E-state index in [0.29, 0.717) is 6.04 Å². The summed E-state index contributed by atoms with van der Waals surface area (Å²) >= 11 is 5.90. The van der Waals surface area contributed by atoms with E-state index in [1.54, 1.807) is 0 Å². The summed E-state index contributed by atoms with van der Waals surface area (Å²) in [7, 11) is 0. The molecule has 0 saturated carbocycles. The third-order valence-corrected chi connectivity index (χ3v) is 3.68. The topological polar surface area (TPSA) is 29.9 Å². The Morgan fingerprint density at radius 3 is 2.89 bits per heavy atom. The van der Waals surface area contributed by atoms with Crippen LogP contribution in [0.3, 0.4) is 0 Å². The zero-order chi connectivity index (χ0) is 12.4. The normalized spacial score (nSPS) is 19.3. The lowest BCUT2D eigenvalue weighted by Gasteiger charge is -2.14. The fourth-order valence-corrected chi connectivity index (χ4v) is 2.60. The van der Waals surface area contributed by atoms with Gasteiger partial charge in [0, 0.05) is 23.8 Å². The van der Waals surface area contributed by atoms with Crippen molar-refractivity contribution in [1.29, 1.82) is 0 Å². The van der Waals surface area contributed by atoms with E-state index in [-0.39, 0.29) is 0 Å². The van der Waals surface area contributed by atoms with E-state index in [4.69, 9.17) is 11.6 Å². The van der Waals surface area contributed by atoms with E-state index in [0.717, 1.165) is 18.1 Å². The van der Waals surface area contributed by atoms with Crippen LogP contribution in [0.25, 0.3) is 0 Å². The first-order valence-electron chi connectivity index (χ1n) is 6.31. The SMILES string of the molecule is Clc1ccc(Cn2cncc2[C@@H]2CCCN2)cc1. The van der Waals surface area contributed by atoms with Gasteiger partial charge in [-0.05, 0) is 37.1 Å². The highest BCUT2D eigenvalue weighted by atomic mass is 35.5. The van der Waals surface area contributed by atoms with Crippen LogP contribution in [0.5, 0.6) is 0 Å². The molecule has 0 aliphatic carbocycles. The van der Waals surface area contributed by atoms with E-state index in [9.17, 15) is 0 Å². The largest absolute Gasteiger partial charge is 0.329 e. The number of nitrogens with zero attached hydrogens (tertiary/aromatic N) is 2. The van der Waals surface area contributed by atoms with Crippen molar-refractivity contribution in [3.8, 4) is 0 Å². The van der Waals surface area contributed by atoms with Crippen molar-refractivity contribution in [2.24, 2.45) is 0 Å². The Bertz CT molecular complexity index is 512. The van der Waals surface area contributed by atoms with Gasteiger partial charge in [-0.2, -0.15) is 0 Å². The maximum atomic E-state index is 5.90. The number of hydrogen-bond acceptors (Lipinski definition) is 2. The molecule has 1 aromatic carbocycles. The van der Waals surface area contributed by atoms with Gasteiger partial charge < -0.3 is 9.88 Å². The summed E-state index contributed by atoms with van der Waals surface area (Å²) in [5.74, 6) is 0. The van der Waals surface area contributed by atoms with E-state index in [1.807, 2.05) is 24.7 Å². The molecule has 4 heteroatoms. The number of halogens is 1. The second kappa shape index (κ2) is 5.12. The molecule has 2 aromatic rings. The summed E-state index contributed by atoms with van der Waals surface area (Å²) in [6, 6.07) is 8.45. The number of benzene rings is 1. The number of nitrogens with one attached hydrogen (secondary N) is 1. The van der Waals surface area contributed by atoms with E-state index >= 15 is 0 Å². The summed E-state index contributed by atoms with van der Waals surface area (Å²) in [6.07, 6.45) is 6.33. The Morgan fingerprint density at radius 1 is 1.33 bits per heavy atom. The number of imidazole rings is 1. The maximum absolute atomic E-state index is 5.90. The highest BCUT2D eigenvalue weighted by Crippen LogP contribution is 2.23. The summed E-state index contributed by atoms with van der Waals surface area (Å²) < 4.78 is 2.21. The summed E-state index contributed by atoms with van der Waals surface area (Å²) in [5.41, 5.74) is 2.53. The highest BCUT2D eigenvalue weighted by molar-refractivity contribution is 6.30. The molecule has 18 heavy (non-hydrogen) atoms. The van der Waals surface area contributed by atoms with Gasteiger partial charge in [0.05, 0.1) is 12.0 Å². The van der Waals surface area contributed by atoms with Gasteiger partial charge >= 0.3 is 0 Å². The van der Waals surface area contributed by atoms with Crippen LogP contribution < -0.4 is 5.32 Å². The van der Waals surface area contributed by atoms with Crippen molar-refractivity contribution in [3.63, 3.8) is 0 Å². The quantitative estimate of drug-likeness (QED) is 0.921. The van der Waals surface area contributed by atoms with Crippen molar-refractivity contribution in [2.75, 3.05) is 6.54 Å². The predicted octanol–water partition coefficient (Wildman–Crippen LogP) is 3.01. The Balaban J connectivity index is 1.80. The van der Waals surface area contributed by atoms with E-state index in [1.165, 1.54) is 24.1 Å². The fraction of sp³-hybridized carbons (Fsp3) is 0.357. The molecule has 0 radical (unpaired) electrons.